The monoisotopic (exact) mass is 267 g/mol. The number of methoxy groups -OCH3 is 2. The van der Waals surface area contributed by atoms with Gasteiger partial charge in [0.05, 0.1) is 16.3 Å². The quantitative estimate of drug-likeness (QED) is 0.606. The standard InChI is InChI=1S/C10H12F3NO2S/c1-15-9(16-2)6-17-8-4-3-7(5-14-8)10(11,12)13/h3-5,9H,6H2,1-2H3. The van der Waals surface area contributed by atoms with Crippen molar-refractivity contribution in [3.05, 3.63) is 23.9 Å². The van der Waals surface area contributed by atoms with E-state index in [0.29, 0.717) is 10.8 Å². The van der Waals surface area contributed by atoms with Gasteiger partial charge in [0.2, 0.25) is 0 Å². The molecule has 0 unspecified atom stereocenters. The van der Waals surface area contributed by atoms with E-state index in [1.165, 1.54) is 32.0 Å². The molecule has 0 bridgehead atoms. The SMILES string of the molecule is COC(CSc1ccc(C(F)(F)F)cn1)OC. The molecule has 0 aromatic carbocycles. The number of hydrogen-bond donors (Lipinski definition) is 0. The van der Waals surface area contributed by atoms with Crippen molar-refractivity contribution < 1.29 is 22.6 Å². The van der Waals surface area contributed by atoms with Crippen LogP contribution in [0.5, 0.6) is 0 Å². The number of rotatable bonds is 5. The molecule has 0 aliphatic carbocycles. The Morgan fingerprint density at radius 1 is 1.29 bits per heavy atom. The van der Waals surface area contributed by atoms with Gasteiger partial charge in [-0.2, -0.15) is 13.2 Å². The van der Waals surface area contributed by atoms with Crippen molar-refractivity contribution in [3.8, 4) is 0 Å². The molecular formula is C10H12F3NO2S. The maximum absolute atomic E-state index is 12.3. The van der Waals surface area contributed by atoms with Crippen LogP contribution in [0, 0.1) is 0 Å². The molecule has 0 N–H and O–H groups in total. The van der Waals surface area contributed by atoms with E-state index in [-0.39, 0.29) is 0 Å². The van der Waals surface area contributed by atoms with E-state index in [1.807, 2.05) is 0 Å². The van der Waals surface area contributed by atoms with Gasteiger partial charge in [-0.15, -0.1) is 11.8 Å². The van der Waals surface area contributed by atoms with Crippen LogP contribution in [0.3, 0.4) is 0 Å². The second-order valence-corrected chi connectivity index (χ2v) is 4.14. The molecule has 0 aliphatic heterocycles. The van der Waals surface area contributed by atoms with Crippen LogP contribution < -0.4 is 0 Å². The first-order valence-corrected chi connectivity index (χ1v) is 5.67. The first-order chi connectivity index (χ1) is 7.97. The third-order valence-electron chi connectivity index (χ3n) is 1.96. The largest absolute Gasteiger partial charge is 0.417 e. The van der Waals surface area contributed by atoms with Crippen LogP contribution in [0.1, 0.15) is 5.56 Å². The van der Waals surface area contributed by atoms with Crippen LogP contribution in [0.15, 0.2) is 23.4 Å². The molecule has 17 heavy (non-hydrogen) atoms. The molecule has 0 aliphatic rings. The Morgan fingerprint density at radius 3 is 2.35 bits per heavy atom. The second-order valence-electron chi connectivity index (χ2n) is 3.09. The molecule has 1 heterocycles. The van der Waals surface area contributed by atoms with Crippen molar-refractivity contribution in [2.45, 2.75) is 17.5 Å². The molecule has 1 aromatic rings. The van der Waals surface area contributed by atoms with Gasteiger partial charge < -0.3 is 9.47 Å². The van der Waals surface area contributed by atoms with Crippen LogP contribution >= 0.6 is 11.8 Å². The van der Waals surface area contributed by atoms with Crippen LogP contribution in [0.4, 0.5) is 13.2 Å². The molecule has 1 aromatic heterocycles. The normalized spacial score (nSPS) is 12.1. The summed E-state index contributed by atoms with van der Waals surface area (Å²) in [6.07, 6.45) is -3.93. The van der Waals surface area contributed by atoms with Gasteiger partial charge >= 0.3 is 6.18 Å². The number of ether oxygens (including phenoxy) is 2. The van der Waals surface area contributed by atoms with Gasteiger partial charge in [-0.1, -0.05) is 0 Å². The molecular weight excluding hydrogens is 255 g/mol. The minimum Gasteiger partial charge on any atom is -0.355 e. The highest BCUT2D eigenvalue weighted by molar-refractivity contribution is 7.99. The Hall–Kier alpha value is -0.790. The third kappa shape index (κ3) is 4.53. The molecule has 0 fully saturated rings. The van der Waals surface area contributed by atoms with Crippen molar-refractivity contribution in [1.82, 2.24) is 4.98 Å². The molecule has 1 rings (SSSR count). The summed E-state index contributed by atoms with van der Waals surface area (Å²) in [4.78, 5) is 3.72. The summed E-state index contributed by atoms with van der Waals surface area (Å²) < 4.78 is 46.7. The summed E-state index contributed by atoms with van der Waals surface area (Å²) >= 11 is 1.27. The van der Waals surface area contributed by atoms with Gasteiger partial charge in [0.15, 0.2) is 6.29 Å². The number of pyridine rings is 1. The van der Waals surface area contributed by atoms with Gasteiger partial charge in [0, 0.05) is 20.4 Å². The third-order valence-corrected chi connectivity index (χ3v) is 2.93. The smallest absolute Gasteiger partial charge is 0.355 e. The van der Waals surface area contributed by atoms with Gasteiger partial charge in [0.25, 0.3) is 0 Å². The summed E-state index contributed by atoms with van der Waals surface area (Å²) in [6.45, 7) is 0. The summed E-state index contributed by atoms with van der Waals surface area (Å²) in [6, 6.07) is 2.33. The summed E-state index contributed by atoms with van der Waals surface area (Å²) in [5.41, 5.74) is -0.753. The first kappa shape index (κ1) is 14.3. The number of nitrogens with zero attached hydrogens (tertiary/aromatic N) is 1. The van der Waals surface area contributed by atoms with E-state index in [1.54, 1.807) is 0 Å². The Kier molecular flexibility index (Phi) is 5.23. The lowest BCUT2D eigenvalue weighted by Crippen LogP contribution is -2.15. The maximum atomic E-state index is 12.3. The van der Waals surface area contributed by atoms with Crippen molar-refractivity contribution in [3.63, 3.8) is 0 Å². The van der Waals surface area contributed by atoms with Crippen LogP contribution in [0.25, 0.3) is 0 Å². The first-order valence-electron chi connectivity index (χ1n) is 4.69. The van der Waals surface area contributed by atoms with E-state index in [4.69, 9.17) is 9.47 Å². The van der Waals surface area contributed by atoms with E-state index in [0.717, 1.165) is 12.3 Å². The van der Waals surface area contributed by atoms with E-state index >= 15 is 0 Å². The summed E-state index contributed by atoms with van der Waals surface area (Å²) in [5.74, 6) is 0.464. The molecule has 3 nitrogen and oxygen atoms in total. The van der Waals surface area contributed by atoms with E-state index < -0.39 is 18.0 Å². The predicted octanol–water partition coefficient (Wildman–Crippen LogP) is 2.81. The Labute approximate surface area is 101 Å². The highest BCUT2D eigenvalue weighted by atomic mass is 32.2. The molecule has 7 heteroatoms. The average molecular weight is 267 g/mol. The molecule has 0 atom stereocenters. The summed E-state index contributed by atoms with van der Waals surface area (Å²) in [7, 11) is 2.99. The highest BCUT2D eigenvalue weighted by Crippen LogP contribution is 2.29. The lowest BCUT2D eigenvalue weighted by Gasteiger charge is -2.12. The zero-order valence-electron chi connectivity index (χ0n) is 9.32. The molecule has 0 saturated carbocycles. The van der Waals surface area contributed by atoms with Crippen molar-refractivity contribution in [2.75, 3.05) is 20.0 Å². The number of halogens is 3. The van der Waals surface area contributed by atoms with Gasteiger partial charge in [-0.3, -0.25) is 0 Å². The minimum atomic E-state index is -4.35. The lowest BCUT2D eigenvalue weighted by molar-refractivity contribution is -0.137. The van der Waals surface area contributed by atoms with Crippen molar-refractivity contribution in [1.29, 1.82) is 0 Å². The number of aromatic nitrogens is 1. The zero-order chi connectivity index (χ0) is 12.9. The highest BCUT2D eigenvalue weighted by Gasteiger charge is 2.30. The topological polar surface area (TPSA) is 31.4 Å². The number of alkyl halides is 3. The molecule has 0 amide bonds. The zero-order valence-corrected chi connectivity index (χ0v) is 10.1. The number of thioether (sulfide) groups is 1. The van der Waals surface area contributed by atoms with Crippen LogP contribution in [-0.4, -0.2) is 31.2 Å². The fourth-order valence-corrected chi connectivity index (χ4v) is 1.89. The Bertz CT molecular complexity index is 338. The van der Waals surface area contributed by atoms with Gasteiger partial charge in [0.1, 0.15) is 0 Å². The molecule has 96 valence electrons. The van der Waals surface area contributed by atoms with E-state index in [9.17, 15) is 13.2 Å². The average Bonchev–Trinajstić information content (AvgIpc) is 2.30. The Balaban J connectivity index is 2.57. The second kappa shape index (κ2) is 6.23. The fourth-order valence-electron chi connectivity index (χ4n) is 1.02. The molecule has 0 radical (unpaired) electrons. The van der Waals surface area contributed by atoms with Gasteiger partial charge in [-0.25, -0.2) is 4.98 Å². The Morgan fingerprint density at radius 2 is 1.94 bits per heavy atom. The summed E-state index contributed by atoms with van der Waals surface area (Å²) in [5, 5.41) is 0.497. The van der Waals surface area contributed by atoms with Crippen LogP contribution in [0.2, 0.25) is 0 Å². The van der Waals surface area contributed by atoms with Crippen molar-refractivity contribution in [2.24, 2.45) is 0 Å². The fraction of sp³-hybridized carbons (Fsp3) is 0.500. The van der Waals surface area contributed by atoms with E-state index in [2.05, 4.69) is 4.98 Å². The lowest BCUT2D eigenvalue weighted by atomic mass is 10.3. The maximum Gasteiger partial charge on any atom is 0.417 e. The molecule has 0 saturated heterocycles. The van der Waals surface area contributed by atoms with Gasteiger partial charge in [-0.05, 0) is 12.1 Å². The number of hydrogen-bond acceptors (Lipinski definition) is 4. The molecule has 0 spiro atoms. The predicted molar refractivity (Wildman–Crippen MR) is 57.8 cm³/mol. The van der Waals surface area contributed by atoms with Crippen LogP contribution in [-0.2, 0) is 15.7 Å². The minimum absolute atomic E-state index is 0.399. The van der Waals surface area contributed by atoms with Crippen molar-refractivity contribution >= 4 is 11.8 Å².